The smallest absolute Gasteiger partial charge is 0.317 e. The van der Waals surface area contributed by atoms with Gasteiger partial charge in [-0.3, -0.25) is 0 Å². The van der Waals surface area contributed by atoms with E-state index in [2.05, 4.69) is 15.5 Å². The molecule has 1 N–H and O–H groups in total. The van der Waals surface area contributed by atoms with E-state index in [-0.39, 0.29) is 12.1 Å². The first-order chi connectivity index (χ1) is 10.6. The highest BCUT2D eigenvalue weighted by molar-refractivity contribution is 5.74. The third-order valence-corrected chi connectivity index (χ3v) is 3.82. The summed E-state index contributed by atoms with van der Waals surface area (Å²) in [5, 5.41) is 6.86. The molecule has 1 fully saturated rings. The lowest BCUT2D eigenvalue weighted by Gasteiger charge is -2.19. The van der Waals surface area contributed by atoms with Gasteiger partial charge >= 0.3 is 6.03 Å². The van der Waals surface area contributed by atoms with Crippen molar-refractivity contribution >= 4 is 6.03 Å². The fourth-order valence-electron chi connectivity index (χ4n) is 2.27. The Morgan fingerprint density at radius 3 is 2.82 bits per heavy atom. The van der Waals surface area contributed by atoms with Gasteiger partial charge in [0, 0.05) is 13.1 Å². The second kappa shape index (κ2) is 6.17. The van der Waals surface area contributed by atoms with Gasteiger partial charge in [-0.05, 0) is 25.3 Å². The lowest BCUT2D eigenvalue weighted by atomic mass is 10.1. The molecule has 0 radical (unpaired) electrons. The minimum Gasteiger partial charge on any atom is -0.339 e. The summed E-state index contributed by atoms with van der Waals surface area (Å²) in [7, 11) is 1.82. The zero-order chi connectivity index (χ0) is 15.5. The monoisotopic (exact) mass is 300 g/mol. The molecule has 3 rings (SSSR count). The minimum absolute atomic E-state index is 0.0931. The van der Waals surface area contributed by atoms with E-state index in [1.807, 2.05) is 44.3 Å². The summed E-state index contributed by atoms with van der Waals surface area (Å²) in [5.41, 5.74) is 1.11. The fourth-order valence-corrected chi connectivity index (χ4v) is 2.27. The molecule has 6 nitrogen and oxygen atoms in total. The van der Waals surface area contributed by atoms with Crippen LogP contribution in [0.1, 0.15) is 43.1 Å². The quantitative estimate of drug-likeness (QED) is 0.921. The Balaban J connectivity index is 1.59. The summed E-state index contributed by atoms with van der Waals surface area (Å²) in [4.78, 5) is 18.1. The van der Waals surface area contributed by atoms with Crippen molar-refractivity contribution < 1.29 is 9.32 Å². The van der Waals surface area contributed by atoms with Crippen LogP contribution in [0.5, 0.6) is 0 Å². The summed E-state index contributed by atoms with van der Waals surface area (Å²) in [5.74, 6) is 1.06. The van der Waals surface area contributed by atoms with Crippen LogP contribution in [-0.4, -0.2) is 34.2 Å². The maximum Gasteiger partial charge on any atom is 0.317 e. The number of benzene rings is 1. The van der Waals surface area contributed by atoms with Gasteiger partial charge in [-0.25, -0.2) is 4.79 Å². The number of urea groups is 1. The number of amides is 2. The van der Waals surface area contributed by atoms with E-state index in [1.54, 1.807) is 4.90 Å². The number of nitrogens with zero attached hydrogens (tertiary/aromatic N) is 3. The van der Waals surface area contributed by atoms with Gasteiger partial charge in [0.25, 0.3) is 0 Å². The van der Waals surface area contributed by atoms with Crippen LogP contribution in [0.3, 0.4) is 0 Å². The lowest BCUT2D eigenvalue weighted by Crippen LogP contribution is -2.40. The molecule has 2 amide bonds. The van der Waals surface area contributed by atoms with Crippen LogP contribution < -0.4 is 5.32 Å². The zero-order valence-corrected chi connectivity index (χ0v) is 12.8. The average molecular weight is 300 g/mol. The van der Waals surface area contributed by atoms with Crippen LogP contribution in [0.25, 0.3) is 0 Å². The molecule has 0 bridgehead atoms. The molecule has 1 aromatic heterocycles. The molecule has 1 saturated carbocycles. The van der Waals surface area contributed by atoms with E-state index >= 15 is 0 Å². The van der Waals surface area contributed by atoms with Crippen LogP contribution >= 0.6 is 0 Å². The van der Waals surface area contributed by atoms with Crippen molar-refractivity contribution in [3.8, 4) is 0 Å². The first-order valence-corrected chi connectivity index (χ1v) is 7.53. The first kappa shape index (κ1) is 14.6. The number of nitrogens with one attached hydrogen (secondary N) is 1. The van der Waals surface area contributed by atoms with Gasteiger partial charge in [-0.1, -0.05) is 35.5 Å². The van der Waals surface area contributed by atoms with E-state index in [1.165, 1.54) is 0 Å². The second-order valence-electron chi connectivity index (χ2n) is 5.72. The highest BCUT2D eigenvalue weighted by Crippen LogP contribution is 2.25. The maximum absolute atomic E-state index is 12.0. The molecule has 1 heterocycles. The Hall–Kier alpha value is -2.37. The van der Waals surface area contributed by atoms with Crippen molar-refractivity contribution in [1.82, 2.24) is 20.4 Å². The standard InChI is InChI=1S/C16H20N4O2/c1-11(17-16(21)20(2)13-8-9-13)15-18-14(22-19-15)10-12-6-4-3-5-7-12/h3-7,11,13H,8-10H2,1-2H3,(H,17,21). The van der Waals surface area contributed by atoms with Crippen LogP contribution in [0.15, 0.2) is 34.9 Å². The number of carbonyl (C=O) groups excluding carboxylic acids is 1. The van der Waals surface area contributed by atoms with Gasteiger partial charge < -0.3 is 14.7 Å². The van der Waals surface area contributed by atoms with Gasteiger partial charge in [0.2, 0.25) is 5.89 Å². The summed E-state index contributed by atoms with van der Waals surface area (Å²) >= 11 is 0. The molecule has 2 aromatic rings. The number of hydrogen-bond acceptors (Lipinski definition) is 4. The molecule has 0 saturated heterocycles. The van der Waals surface area contributed by atoms with Gasteiger partial charge in [0.15, 0.2) is 5.82 Å². The SMILES string of the molecule is CC(NC(=O)N(C)C1CC1)c1noc(Cc2ccccc2)n1. The van der Waals surface area contributed by atoms with Crippen molar-refractivity contribution in [3.05, 3.63) is 47.6 Å². The highest BCUT2D eigenvalue weighted by atomic mass is 16.5. The molecule has 22 heavy (non-hydrogen) atoms. The molecule has 0 spiro atoms. The molecular weight excluding hydrogens is 280 g/mol. The molecule has 1 aromatic carbocycles. The van der Waals surface area contributed by atoms with Crippen LogP contribution in [0.2, 0.25) is 0 Å². The summed E-state index contributed by atoms with van der Waals surface area (Å²) in [6.07, 6.45) is 2.76. The van der Waals surface area contributed by atoms with E-state index in [0.29, 0.717) is 24.2 Å². The Morgan fingerprint density at radius 2 is 2.14 bits per heavy atom. The number of aromatic nitrogens is 2. The average Bonchev–Trinajstić information content (AvgIpc) is 3.27. The van der Waals surface area contributed by atoms with E-state index in [4.69, 9.17) is 4.52 Å². The maximum atomic E-state index is 12.0. The second-order valence-corrected chi connectivity index (χ2v) is 5.72. The number of hydrogen-bond donors (Lipinski definition) is 1. The van der Waals surface area contributed by atoms with Crippen LogP contribution in [-0.2, 0) is 6.42 Å². The summed E-state index contributed by atoms with van der Waals surface area (Å²) in [6.45, 7) is 1.86. The molecule has 6 heteroatoms. The zero-order valence-electron chi connectivity index (χ0n) is 12.8. The Bertz CT molecular complexity index is 637. The van der Waals surface area contributed by atoms with Gasteiger partial charge in [-0.15, -0.1) is 0 Å². The Morgan fingerprint density at radius 1 is 1.41 bits per heavy atom. The Labute approximate surface area is 129 Å². The molecule has 1 atom stereocenters. The van der Waals surface area contributed by atoms with E-state index in [0.717, 1.165) is 18.4 Å². The van der Waals surface area contributed by atoms with Crippen molar-refractivity contribution in [3.63, 3.8) is 0 Å². The lowest BCUT2D eigenvalue weighted by molar-refractivity contribution is 0.202. The van der Waals surface area contributed by atoms with Gasteiger partial charge in [-0.2, -0.15) is 4.98 Å². The third kappa shape index (κ3) is 3.44. The van der Waals surface area contributed by atoms with Gasteiger partial charge in [0.1, 0.15) is 0 Å². The number of rotatable bonds is 5. The van der Waals surface area contributed by atoms with E-state index in [9.17, 15) is 4.79 Å². The fraction of sp³-hybridized carbons (Fsp3) is 0.438. The van der Waals surface area contributed by atoms with Gasteiger partial charge in [0.05, 0.1) is 12.5 Å². The van der Waals surface area contributed by atoms with Crippen molar-refractivity contribution in [2.24, 2.45) is 0 Å². The third-order valence-electron chi connectivity index (χ3n) is 3.82. The van der Waals surface area contributed by atoms with Crippen molar-refractivity contribution in [2.45, 2.75) is 38.3 Å². The molecule has 1 aliphatic rings. The number of carbonyl (C=O) groups is 1. The molecular formula is C16H20N4O2. The van der Waals surface area contributed by atoms with Crippen molar-refractivity contribution in [1.29, 1.82) is 0 Å². The summed E-state index contributed by atoms with van der Waals surface area (Å²) in [6, 6.07) is 9.96. The minimum atomic E-state index is -0.276. The summed E-state index contributed by atoms with van der Waals surface area (Å²) < 4.78 is 5.27. The largest absolute Gasteiger partial charge is 0.339 e. The predicted octanol–water partition coefficient (Wildman–Crippen LogP) is 2.53. The molecule has 0 aliphatic heterocycles. The highest BCUT2D eigenvalue weighted by Gasteiger charge is 2.30. The topological polar surface area (TPSA) is 71.3 Å². The first-order valence-electron chi connectivity index (χ1n) is 7.53. The Kier molecular flexibility index (Phi) is 4.09. The molecule has 116 valence electrons. The molecule has 1 aliphatic carbocycles. The van der Waals surface area contributed by atoms with Crippen LogP contribution in [0.4, 0.5) is 4.79 Å². The normalized spacial score (nSPS) is 15.4. The van der Waals surface area contributed by atoms with E-state index < -0.39 is 0 Å². The van der Waals surface area contributed by atoms with Crippen LogP contribution in [0, 0.1) is 0 Å². The van der Waals surface area contributed by atoms with Crippen molar-refractivity contribution in [2.75, 3.05) is 7.05 Å². The molecule has 1 unspecified atom stereocenters. The predicted molar refractivity (Wildman–Crippen MR) is 81.3 cm³/mol.